The highest BCUT2D eigenvalue weighted by molar-refractivity contribution is 6.30. The lowest BCUT2D eigenvalue weighted by molar-refractivity contribution is 0.0566. The summed E-state index contributed by atoms with van der Waals surface area (Å²) in [6, 6.07) is 32.1. The summed E-state index contributed by atoms with van der Waals surface area (Å²) in [5, 5.41) is 25.9. The molecular formula is C37H38ClN3O4. The molecule has 0 aliphatic carbocycles. The number of carbonyl (C=O) groups is 1. The van der Waals surface area contributed by atoms with Gasteiger partial charge in [-0.15, -0.1) is 0 Å². The first-order chi connectivity index (χ1) is 21.9. The number of aliphatic hydroxyl groups excluding tert-OH is 2. The van der Waals surface area contributed by atoms with Crippen LogP contribution >= 0.6 is 11.6 Å². The Morgan fingerprint density at radius 2 is 1.76 bits per heavy atom. The average Bonchev–Trinajstić information content (AvgIpc) is 3.07. The number of nitrogens with zero attached hydrogens (tertiary/aromatic N) is 2. The van der Waals surface area contributed by atoms with Gasteiger partial charge in [-0.05, 0) is 78.1 Å². The number of carbonyl (C=O) groups excluding carboxylic acids is 1. The fourth-order valence-electron chi connectivity index (χ4n) is 5.30. The molecule has 0 aliphatic rings. The number of aliphatic hydroxyl groups is 2. The van der Waals surface area contributed by atoms with Crippen molar-refractivity contribution in [1.29, 1.82) is 0 Å². The molecule has 4 aromatic carbocycles. The quantitative estimate of drug-likeness (QED) is 0.124. The predicted octanol–water partition coefficient (Wildman–Crippen LogP) is 6.96. The molecule has 7 nitrogen and oxygen atoms in total. The Labute approximate surface area is 269 Å². The predicted molar refractivity (Wildman–Crippen MR) is 179 cm³/mol. The summed E-state index contributed by atoms with van der Waals surface area (Å²) in [5.41, 5.74) is 4.09. The number of fused-ring (bicyclic) bond motifs is 1. The second kappa shape index (κ2) is 15.6. The number of halogens is 1. The summed E-state index contributed by atoms with van der Waals surface area (Å²) in [7, 11) is 0. The third-order valence-corrected chi connectivity index (χ3v) is 7.95. The lowest BCUT2D eigenvalue weighted by atomic mass is 10.0. The monoisotopic (exact) mass is 623 g/mol. The van der Waals surface area contributed by atoms with Gasteiger partial charge in [0, 0.05) is 47.8 Å². The van der Waals surface area contributed by atoms with E-state index in [0.29, 0.717) is 53.7 Å². The first-order valence-corrected chi connectivity index (χ1v) is 15.6. The molecule has 0 spiro atoms. The van der Waals surface area contributed by atoms with Gasteiger partial charge in [0.1, 0.15) is 11.5 Å². The van der Waals surface area contributed by atoms with Gasteiger partial charge < -0.3 is 20.3 Å². The molecule has 5 rings (SSSR count). The second-order valence-electron chi connectivity index (χ2n) is 11.1. The molecule has 0 fully saturated rings. The smallest absolute Gasteiger partial charge is 0.251 e. The lowest BCUT2D eigenvalue weighted by Crippen LogP contribution is -2.41. The number of amides is 1. The molecule has 0 aliphatic heterocycles. The zero-order valence-electron chi connectivity index (χ0n) is 25.3. The van der Waals surface area contributed by atoms with Crippen LogP contribution in [0.1, 0.15) is 46.5 Å². The SMILES string of the molecule is CCCNC(=O)c1ccc2c(Oc3ccc(C[C@@H](CO)N(Cc4ccccc4)C[C@@H](O)c4cccc(Cl)c4)cc3)ccnc2c1. The Kier molecular flexibility index (Phi) is 11.2. The molecule has 45 heavy (non-hydrogen) atoms. The van der Waals surface area contributed by atoms with E-state index < -0.39 is 6.10 Å². The van der Waals surface area contributed by atoms with Crippen LogP contribution in [0.15, 0.2) is 109 Å². The Morgan fingerprint density at radius 1 is 0.956 bits per heavy atom. The van der Waals surface area contributed by atoms with E-state index in [4.69, 9.17) is 16.3 Å². The van der Waals surface area contributed by atoms with E-state index in [0.717, 1.165) is 28.5 Å². The van der Waals surface area contributed by atoms with Gasteiger partial charge in [0.15, 0.2) is 0 Å². The van der Waals surface area contributed by atoms with Gasteiger partial charge in [-0.25, -0.2) is 0 Å². The van der Waals surface area contributed by atoms with Crippen LogP contribution in [0.2, 0.25) is 5.02 Å². The van der Waals surface area contributed by atoms with Crippen molar-refractivity contribution in [2.75, 3.05) is 19.7 Å². The topological polar surface area (TPSA) is 94.9 Å². The molecule has 0 saturated carbocycles. The van der Waals surface area contributed by atoms with Crippen LogP contribution in [0.4, 0.5) is 0 Å². The summed E-state index contributed by atoms with van der Waals surface area (Å²) in [6.07, 6.45) is 2.35. The van der Waals surface area contributed by atoms with E-state index >= 15 is 0 Å². The molecule has 0 unspecified atom stereocenters. The molecule has 232 valence electrons. The Balaban J connectivity index is 1.30. The fraction of sp³-hybridized carbons (Fsp3) is 0.243. The third-order valence-electron chi connectivity index (χ3n) is 7.72. The maximum Gasteiger partial charge on any atom is 0.251 e. The van der Waals surface area contributed by atoms with Gasteiger partial charge in [0.05, 0.1) is 18.2 Å². The van der Waals surface area contributed by atoms with Crippen molar-refractivity contribution in [3.8, 4) is 11.5 Å². The van der Waals surface area contributed by atoms with E-state index in [1.165, 1.54) is 0 Å². The number of benzene rings is 4. The van der Waals surface area contributed by atoms with Crippen molar-refractivity contribution in [2.45, 2.75) is 38.5 Å². The zero-order chi connectivity index (χ0) is 31.6. The number of aromatic nitrogens is 1. The normalized spacial score (nSPS) is 12.6. The Bertz CT molecular complexity index is 1700. The van der Waals surface area contributed by atoms with E-state index in [2.05, 4.69) is 15.2 Å². The summed E-state index contributed by atoms with van der Waals surface area (Å²) in [4.78, 5) is 19.0. The van der Waals surface area contributed by atoms with Crippen LogP contribution in [-0.2, 0) is 13.0 Å². The molecular weight excluding hydrogens is 586 g/mol. The van der Waals surface area contributed by atoms with Crippen molar-refractivity contribution in [1.82, 2.24) is 15.2 Å². The second-order valence-corrected chi connectivity index (χ2v) is 11.5. The first kappa shape index (κ1) is 32.1. The van der Waals surface area contributed by atoms with Gasteiger partial charge in [-0.3, -0.25) is 14.7 Å². The number of hydrogen-bond acceptors (Lipinski definition) is 6. The summed E-state index contributed by atoms with van der Waals surface area (Å²) in [6.45, 7) is 3.47. The molecule has 5 aromatic rings. The van der Waals surface area contributed by atoms with Gasteiger partial charge >= 0.3 is 0 Å². The number of nitrogens with one attached hydrogen (secondary N) is 1. The van der Waals surface area contributed by atoms with Crippen molar-refractivity contribution in [2.24, 2.45) is 0 Å². The van der Waals surface area contributed by atoms with Gasteiger partial charge in [-0.2, -0.15) is 0 Å². The number of rotatable bonds is 14. The standard InChI is InChI=1S/C37H38ClN3O4/c1-2-18-40-37(44)29-13-16-33-34(22-29)39-19-17-36(33)45-32-14-11-26(12-15-32)20-31(25-42)41(23-27-7-4-3-5-8-27)24-35(43)28-9-6-10-30(38)21-28/h3-17,19,21-22,31,35,42-43H,2,18,20,23-25H2,1H3,(H,40,44)/t31-,35+/m0/s1. The minimum Gasteiger partial charge on any atom is -0.457 e. The van der Waals surface area contributed by atoms with Crippen LogP contribution in [-0.4, -0.2) is 51.7 Å². The van der Waals surface area contributed by atoms with Crippen molar-refractivity contribution in [3.05, 3.63) is 137 Å². The van der Waals surface area contributed by atoms with Gasteiger partial charge in [-0.1, -0.05) is 73.1 Å². The molecule has 1 heterocycles. The Hall–Kier alpha value is -4.27. The molecule has 1 aromatic heterocycles. The molecule has 8 heteroatoms. The molecule has 0 radical (unpaired) electrons. The highest BCUT2D eigenvalue weighted by atomic mass is 35.5. The van der Waals surface area contributed by atoms with Crippen LogP contribution in [0.3, 0.4) is 0 Å². The highest BCUT2D eigenvalue weighted by Gasteiger charge is 2.23. The van der Waals surface area contributed by atoms with Crippen molar-refractivity contribution in [3.63, 3.8) is 0 Å². The maximum atomic E-state index is 12.4. The van der Waals surface area contributed by atoms with E-state index in [9.17, 15) is 15.0 Å². The van der Waals surface area contributed by atoms with Crippen LogP contribution < -0.4 is 10.1 Å². The van der Waals surface area contributed by atoms with E-state index in [1.807, 2.05) is 85.8 Å². The van der Waals surface area contributed by atoms with E-state index in [-0.39, 0.29) is 18.6 Å². The molecule has 1 amide bonds. The maximum absolute atomic E-state index is 12.4. The summed E-state index contributed by atoms with van der Waals surface area (Å²) >= 11 is 6.18. The van der Waals surface area contributed by atoms with Gasteiger partial charge in [0.2, 0.25) is 0 Å². The minimum absolute atomic E-state index is 0.0746. The number of ether oxygens (including phenoxy) is 1. The van der Waals surface area contributed by atoms with Crippen molar-refractivity contribution < 1.29 is 19.7 Å². The highest BCUT2D eigenvalue weighted by Crippen LogP contribution is 2.30. The largest absolute Gasteiger partial charge is 0.457 e. The molecule has 0 saturated heterocycles. The summed E-state index contributed by atoms with van der Waals surface area (Å²) in [5.74, 6) is 1.18. The molecule has 3 N–H and O–H groups in total. The lowest BCUT2D eigenvalue weighted by Gasteiger charge is -2.32. The third kappa shape index (κ3) is 8.68. The zero-order valence-corrected chi connectivity index (χ0v) is 26.0. The average molecular weight is 624 g/mol. The van der Waals surface area contributed by atoms with Crippen LogP contribution in [0.5, 0.6) is 11.5 Å². The first-order valence-electron chi connectivity index (χ1n) is 15.2. The minimum atomic E-state index is -0.769. The molecule has 2 atom stereocenters. The molecule has 0 bridgehead atoms. The van der Waals surface area contributed by atoms with Crippen LogP contribution in [0, 0.1) is 0 Å². The Morgan fingerprint density at radius 3 is 2.49 bits per heavy atom. The number of pyridine rings is 1. The van der Waals surface area contributed by atoms with E-state index in [1.54, 1.807) is 30.5 Å². The number of hydrogen-bond donors (Lipinski definition) is 3. The van der Waals surface area contributed by atoms with Crippen molar-refractivity contribution >= 4 is 28.4 Å². The summed E-state index contributed by atoms with van der Waals surface area (Å²) < 4.78 is 6.24. The fourth-order valence-corrected chi connectivity index (χ4v) is 5.50. The van der Waals surface area contributed by atoms with Gasteiger partial charge in [0.25, 0.3) is 5.91 Å². The van der Waals surface area contributed by atoms with Crippen LogP contribution in [0.25, 0.3) is 10.9 Å².